The minimum atomic E-state index is -0.306. The third-order valence-corrected chi connectivity index (χ3v) is 3.69. The van der Waals surface area contributed by atoms with Crippen LogP contribution in [0.4, 0.5) is 11.5 Å². The number of hydrogen-bond acceptors (Lipinski definition) is 5. The summed E-state index contributed by atoms with van der Waals surface area (Å²) in [6.07, 6.45) is 2.65. The van der Waals surface area contributed by atoms with Crippen molar-refractivity contribution >= 4 is 11.5 Å². The van der Waals surface area contributed by atoms with E-state index in [0.717, 1.165) is 18.4 Å². The second-order valence-electron chi connectivity index (χ2n) is 6.93. The van der Waals surface area contributed by atoms with E-state index in [0.29, 0.717) is 17.6 Å². The van der Waals surface area contributed by atoms with E-state index in [9.17, 15) is 0 Å². The van der Waals surface area contributed by atoms with Crippen LogP contribution in [0.3, 0.4) is 0 Å². The number of rotatable bonds is 6. The Hall–Kier alpha value is -1.49. The van der Waals surface area contributed by atoms with Gasteiger partial charge in [-0.05, 0) is 59.7 Å². The lowest BCUT2D eigenvalue weighted by Gasteiger charge is -2.25. The van der Waals surface area contributed by atoms with Crippen LogP contribution in [0.2, 0.25) is 0 Å². The van der Waals surface area contributed by atoms with Crippen LogP contribution in [0.5, 0.6) is 5.88 Å². The zero-order valence-electron chi connectivity index (χ0n) is 13.8. The molecular weight excluding hydrogens is 264 g/mol. The van der Waals surface area contributed by atoms with Gasteiger partial charge in [0.15, 0.2) is 0 Å². The highest BCUT2D eigenvalue weighted by atomic mass is 16.5. The smallest absolute Gasteiger partial charge is 0.239 e. The van der Waals surface area contributed by atoms with Crippen LogP contribution in [-0.4, -0.2) is 41.2 Å². The van der Waals surface area contributed by atoms with Crippen molar-refractivity contribution in [1.29, 1.82) is 0 Å². The number of ether oxygens (including phenoxy) is 1. The van der Waals surface area contributed by atoms with Gasteiger partial charge in [0.25, 0.3) is 0 Å². The Kier molecular flexibility index (Phi) is 4.61. The molecule has 1 saturated carbocycles. The highest BCUT2D eigenvalue weighted by Crippen LogP contribution is 2.27. The lowest BCUT2D eigenvalue weighted by Crippen LogP contribution is -2.36. The van der Waals surface area contributed by atoms with Gasteiger partial charge in [0.05, 0.1) is 5.69 Å². The molecule has 1 unspecified atom stereocenters. The molecule has 1 aliphatic rings. The summed E-state index contributed by atoms with van der Waals surface area (Å²) in [6.45, 7) is 9.05. The average Bonchev–Trinajstić information content (AvgIpc) is 3.21. The third-order valence-electron chi connectivity index (χ3n) is 3.69. The zero-order chi connectivity index (χ0) is 15.6. The molecule has 1 aliphatic carbocycles. The summed E-state index contributed by atoms with van der Waals surface area (Å²) in [4.78, 5) is 6.90. The van der Waals surface area contributed by atoms with Crippen LogP contribution in [-0.2, 0) is 0 Å². The fourth-order valence-corrected chi connectivity index (χ4v) is 2.16. The van der Waals surface area contributed by atoms with Crippen LogP contribution >= 0.6 is 0 Å². The standard InChI is InChI=1S/C16H28N4O/c1-11(20(5)12-6-7-12)10-18-14-9-8-13(17)15(19-14)21-16(2,3)4/h8-9,11-12H,6-7,10,17H2,1-5H3,(H,18,19). The second-order valence-corrected chi connectivity index (χ2v) is 6.93. The van der Waals surface area contributed by atoms with Gasteiger partial charge in [-0.3, -0.25) is 4.90 Å². The van der Waals surface area contributed by atoms with Gasteiger partial charge in [0.2, 0.25) is 5.88 Å². The molecule has 2 rings (SSSR count). The molecule has 1 heterocycles. The van der Waals surface area contributed by atoms with Crippen LogP contribution in [0.25, 0.3) is 0 Å². The molecule has 1 aromatic heterocycles. The van der Waals surface area contributed by atoms with Crippen molar-refractivity contribution in [3.8, 4) is 5.88 Å². The monoisotopic (exact) mass is 292 g/mol. The Balaban J connectivity index is 1.95. The van der Waals surface area contributed by atoms with E-state index < -0.39 is 0 Å². The first kappa shape index (κ1) is 15.9. The molecule has 0 aromatic carbocycles. The van der Waals surface area contributed by atoms with Crippen molar-refractivity contribution in [3.63, 3.8) is 0 Å². The Bertz CT molecular complexity index is 480. The minimum Gasteiger partial charge on any atom is -0.470 e. The first-order valence-electron chi connectivity index (χ1n) is 7.67. The maximum absolute atomic E-state index is 5.93. The fraction of sp³-hybridized carbons (Fsp3) is 0.688. The number of nitrogens with one attached hydrogen (secondary N) is 1. The van der Waals surface area contributed by atoms with E-state index in [1.165, 1.54) is 12.8 Å². The van der Waals surface area contributed by atoms with Gasteiger partial charge < -0.3 is 15.8 Å². The molecule has 0 amide bonds. The minimum absolute atomic E-state index is 0.306. The Morgan fingerprint density at radius 3 is 2.67 bits per heavy atom. The summed E-state index contributed by atoms with van der Waals surface area (Å²) in [5, 5.41) is 3.37. The van der Waals surface area contributed by atoms with E-state index in [1.54, 1.807) is 0 Å². The molecule has 1 atom stereocenters. The molecule has 0 radical (unpaired) electrons. The van der Waals surface area contributed by atoms with Crippen LogP contribution in [0, 0.1) is 0 Å². The van der Waals surface area contributed by atoms with Crippen molar-refractivity contribution in [2.24, 2.45) is 0 Å². The van der Waals surface area contributed by atoms with Gasteiger partial charge >= 0.3 is 0 Å². The van der Waals surface area contributed by atoms with Gasteiger partial charge in [-0.2, -0.15) is 4.98 Å². The van der Waals surface area contributed by atoms with Crippen molar-refractivity contribution in [1.82, 2.24) is 9.88 Å². The summed E-state index contributed by atoms with van der Waals surface area (Å²) in [6, 6.07) is 4.98. The van der Waals surface area contributed by atoms with Gasteiger partial charge in [-0.1, -0.05) is 0 Å². The topological polar surface area (TPSA) is 63.4 Å². The van der Waals surface area contributed by atoms with Gasteiger partial charge in [-0.25, -0.2) is 0 Å². The summed E-state index contributed by atoms with van der Waals surface area (Å²) in [7, 11) is 2.19. The largest absolute Gasteiger partial charge is 0.470 e. The lowest BCUT2D eigenvalue weighted by molar-refractivity contribution is 0.125. The number of nitrogens with zero attached hydrogens (tertiary/aromatic N) is 2. The summed E-state index contributed by atoms with van der Waals surface area (Å²) < 4.78 is 5.79. The highest BCUT2D eigenvalue weighted by Gasteiger charge is 2.28. The van der Waals surface area contributed by atoms with E-state index >= 15 is 0 Å². The zero-order valence-corrected chi connectivity index (χ0v) is 13.8. The van der Waals surface area contributed by atoms with Crippen molar-refractivity contribution in [2.75, 3.05) is 24.6 Å². The predicted molar refractivity (Wildman–Crippen MR) is 87.8 cm³/mol. The normalized spacial score (nSPS) is 16.9. The van der Waals surface area contributed by atoms with E-state index in [4.69, 9.17) is 10.5 Å². The Morgan fingerprint density at radius 2 is 2.10 bits per heavy atom. The number of anilines is 2. The maximum Gasteiger partial charge on any atom is 0.239 e. The number of aromatic nitrogens is 1. The van der Waals surface area contributed by atoms with Gasteiger partial charge in [0, 0.05) is 18.6 Å². The molecule has 1 fully saturated rings. The lowest BCUT2D eigenvalue weighted by atomic mass is 10.2. The van der Waals surface area contributed by atoms with Gasteiger partial charge in [0.1, 0.15) is 11.4 Å². The molecule has 118 valence electrons. The number of pyridine rings is 1. The molecule has 5 nitrogen and oxygen atoms in total. The van der Waals surface area contributed by atoms with Crippen LogP contribution < -0.4 is 15.8 Å². The molecular formula is C16H28N4O. The van der Waals surface area contributed by atoms with E-state index in [2.05, 4.69) is 29.2 Å². The SMILES string of the molecule is CC(CNc1ccc(N)c(OC(C)(C)C)n1)N(C)C1CC1. The average molecular weight is 292 g/mol. The summed E-state index contributed by atoms with van der Waals surface area (Å²) in [5.41, 5.74) is 6.19. The van der Waals surface area contributed by atoms with Crippen LogP contribution in [0.15, 0.2) is 12.1 Å². The van der Waals surface area contributed by atoms with E-state index in [1.807, 2.05) is 32.9 Å². The first-order valence-corrected chi connectivity index (χ1v) is 7.67. The molecule has 5 heteroatoms. The number of nitrogen functional groups attached to an aromatic ring is 1. The summed E-state index contributed by atoms with van der Waals surface area (Å²) >= 11 is 0. The summed E-state index contributed by atoms with van der Waals surface area (Å²) in [5.74, 6) is 1.30. The maximum atomic E-state index is 5.93. The van der Waals surface area contributed by atoms with Crippen LogP contribution in [0.1, 0.15) is 40.5 Å². The molecule has 3 N–H and O–H groups in total. The number of hydrogen-bond donors (Lipinski definition) is 2. The Morgan fingerprint density at radius 1 is 1.43 bits per heavy atom. The van der Waals surface area contributed by atoms with Crippen molar-refractivity contribution in [2.45, 2.75) is 58.2 Å². The van der Waals surface area contributed by atoms with Gasteiger partial charge in [-0.15, -0.1) is 0 Å². The number of likely N-dealkylation sites (N-methyl/N-ethyl adjacent to an activating group) is 1. The predicted octanol–water partition coefficient (Wildman–Crippen LogP) is 2.74. The fourth-order valence-electron chi connectivity index (χ4n) is 2.16. The molecule has 0 saturated heterocycles. The molecule has 0 bridgehead atoms. The molecule has 0 spiro atoms. The molecule has 1 aromatic rings. The van der Waals surface area contributed by atoms with Crippen molar-refractivity contribution < 1.29 is 4.74 Å². The Labute approximate surface area is 127 Å². The van der Waals surface area contributed by atoms with E-state index in [-0.39, 0.29) is 5.60 Å². The highest BCUT2D eigenvalue weighted by molar-refractivity contribution is 5.53. The van der Waals surface area contributed by atoms with Crippen molar-refractivity contribution in [3.05, 3.63) is 12.1 Å². The second kappa shape index (κ2) is 6.10. The molecule has 21 heavy (non-hydrogen) atoms. The molecule has 0 aliphatic heterocycles. The third kappa shape index (κ3) is 4.77. The number of nitrogens with two attached hydrogens (primary N) is 1. The quantitative estimate of drug-likeness (QED) is 0.844. The first-order chi connectivity index (χ1) is 9.76.